The molecule has 0 saturated heterocycles. The maximum Gasteiger partial charge on any atom is 0.224 e. The Balaban J connectivity index is 2.26. The first-order valence-corrected chi connectivity index (χ1v) is 6.54. The first-order valence-electron chi connectivity index (χ1n) is 6.54. The molecule has 1 heterocycles. The molecule has 2 rings (SSSR count). The first kappa shape index (κ1) is 14.1. The van der Waals surface area contributed by atoms with Crippen LogP contribution in [0.15, 0.2) is 40.8 Å². The number of anilines is 1. The lowest BCUT2D eigenvalue weighted by molar-refractivity contribution is -0.116. The van der Waals surface area contributed by atoms with Crippen molar-refractivity contribution in [3.05, 3.63) is 42.2 Å². The number of rotatable bonds is 5. The van der Waals surface area contributed by atoms with Crippen molar-refractivity contribution in [1.82, 2.24) is 0 Å². The van der Waals surface area contributed by atoms with Crippen LogP contribution in [-0.2, 0) is 4.79 Å². The fourth-order valence-electron chi connectivity index (χ4n) is 1.94. The van der Waals surface area contributed by atoms with Crippen LogP contribution in [0.2, 0.25) is 0 Å². The van der Waals surface area contributed by atoms with E-state index in [9.17, 15) is 9.59 Å². The van der Waals surface area contributed by atoms with Gasteiger partial charge >= 0.3 is 0 Å². The van der Waals surface area contributed by atoms with E-state index in [1.807, 2.05) is 38.1 Å². The summed E-state index contributed by atoms with van der Waals surface area (Å²) in [5.74, 6) is 1.10. The summed E-state index contributed by atoms with van der Waals surface area (Å²) in [6, 6.07) is 10.7. The number of hydrogen-bond donors (Lipinski definition) is 1. The molecule has 1 N–H and O–H groups in total. The topological polar surface area (TPSA) is 59.3 Å². The summed E-state index contributed by atoms with van der Waals surface area (Å²) in [6.45, 7) is 3.99. The molecule has 20 heavy (non-hydrogen) atoms. The van der Waals surface area contributed by atoms with Gasteiger partial charge in [-0.25, -0.2) is 0 Å². The zero-order chi connectivity index (χ0) is 14.5. The Hall–Kier alpha value is -2.36. The highest BCUT2D eigenvalue weighted by molar-refractivity contribution is 5.95. The minimum absolute atomic E-state index is 0.0328. The Bertz CT molecular complexity index is 614. The van der Waals surface area contributed by atoms with E-state index in [1.54, 1.807) is 12.1 Å². The summed E-state index contributed by atoms with van der Waals surface area (Å²) in [7, 11) is 0. The van der Waals surface area contributed by atoms with E-state index in [0.717, 1.165) is 5.56 Å². The molecule has 0 bridgehead atoms. The van der Waals surface area contributed by atoms with Crippen molar-refractivity contribution in [2.24, 2.45) is 5.92 Å². The van der Waals surface area contributed by atoms with Gasteiger partial charge in [0, 0.05) is 12.0 Å². The molecule has 1 amide bonds. The van der Waals surface area contributed by atoms with Crippen LogP contribution in [0.1, 0.15) is 30.8 Å². The number of nitrogens with one attached hydrogen (secondary N) is 1. The lowest BCUT2D eigenvalue weighted by atomic mass is 10.1. The van der Waals surface area contributed by atoms with Crippen molar-refractivity contribution in [2.45, 2.75) is 20.3 Å². The molecule has 0 unspecified atom stereocenters. The van der Waals surface area contributed by atoms with E-state index in [4.69, 9.17) is 4.42 Å². The molecule has 0 aliphatic heterocycles. The lowest BCUT2D eigenvalue weighted by Crippen LogP contribution is -2.14. The number of benzene rings is 1. The SMILES string of the molecule is CC(C)CC(=O)Nc1ccccc1-c1ccc(C=O)o1. The predicted molar refractivity (Wildman–Crippen MR) is 77.6 cm³/mol. The third-order valence-corrected chi connectivity index (χ3v) is 2.80. The summed E-state index contributed by atoms with van der Waals surface area (Å²) < 4.78 is 5.40. The second-order valence-corrected chi connectivity index (χ2v) is 5.01. The number of amides is 1. The number of carbonyl (C=O) groups excluding carboxylic acids is 2. The molecule has 4 nitrogen and oxygen atoms in total. The zero-order valence-electron chi connectivity index (χ0n) is 11.6. The van der Waals surface area contributed by atoms with Gasteiger partial charge in [0.1, 0.15) is 5.76 Å². The van der Waals surface area contributed by atoms with Crippen molar-refractivity contribution >= 4 is 17.9 Å². The average molecular weight is 271 g/mol. The van der Waals surface area contributed by atoms with Gasteiger partial charge in [-0.1, -0.05) is 26.0 Å². The van der Waals surface area contributed by atoms with Crippen molar-refractivity contribution in [3.8, 4) is 11.3 Å². The normalized spacial score (nSPS) is 10.6. The van der Waals surface area contributed by atoms with Crippen molar-refractivity contribution in [2.75, 3.05) is 5.32 Å². The standard InChI is InChI=1S/C16H17NO3/c1-11(2)9-16(19)17-14-6-4-3-5-13(14)15-8-7-12(10-18)20-15/h3-8,10-11H,9H2,1-2H3,(H,17,19). The average Bonchev–Trinajstić information content (AvgIpc) is 2.87. The molecule has 0 fully saturated rings. The molecule has 0 saturated carbocycles. The van der Waals surface area contributed by atoms with Gasteiger partial charge in [-0.05, 0) is 30.2 Å². The maximum atomic E-state index is 11.9. The van der Waals surface area contributed by atoms with Gasteiger partial charge in [0.15, 0.2) is 12.0 Å². The number of carbonyl (C=O) groups is 2. The highest BCUT2D eigenvalue weighted by Gasteiger charge is 2.12. The number of para-hydroxylation sites is 1. The van der Waals surface area contributed by atoms with Gasteiger partial charge in [0.25, 0.3) is 0 Å². The molecule has 1 aromatic carbocycles. The Labute approximate surface area is 117 Å². The molecule has 2 aromatic rings. The van der Waals surface area contributed by atoms with Crippen molar-refractivity contribution in [3.63, 3.8) is 0 Å². The van der Waals surface area contributed by atoms with E-state index in [-0.39, 0.29) is 11.7 Å². The first-order chi connectivity index (χ1) is 9.60. The molecule has 0 aliphatic rings. The summed E-state index contributed by atoms with van der Waals surface area (Å²) in [5.41, 5.74) is 1.45. The fourth-order valence-corrected chi connectivity index (χ4v) is 1.94. The van der Waals surface area contributed by atoms with Crippen LogP contribution in [0.5, 0.6) is 0 Å². The monoisotopic (exact) mass is 271 g/mol. The Morgan fingerprint density at radius 1 is 1.25 bits per heavy atom. The van der Waals surface area contributed by atoms with Crippen LogP contribution < -0.4 is 5.32 Å². The maximum absolute atomic E-state index is 11.9. The summed E-state index contributed by atoms with van der Waals surface area (Å²) in [5, 5.41) is 2.88. The number of furan rings is 1. The third-order valence-electron chi connectivity index (χ3n) is 2.80. The molecule has 0 radical (unpaired) electrons. The van der Waals surface area contributed by atoms with Crippen LogP contribution in [-0.4, -0.2) is 12.2 Å². The number of aldehydes is 1. The minimum atomic E-state index is -0.0328. The molecule has 104 valence electrons. The van der Waals surface area contributed by atoms with E-state index in [1.165, 1.54) is 0 Å². The van der Waals surface area contributed by atoms with Crippen molar-refractivity contribution in [1.29, 1.82) is 0 Å². The molecular weight excluding hydrogens is 254 g/mol. The minimum Gasteiger partial charge on any atom is -0.453 e. The summed E-state index contributed by atoms with van der Waals surface area (Å²) in [4.78, 5) is 22.5. The van der Waals surface area contributed by atoms with E-state index < -0.39 is 0 Å². The van der Waals surface area contributed by atoms with Crippen LogP contribution in [0.4, 0.5) is 5.69 Å². The lowest BCUT2D eigenvalue weighted by Gasteiger charge is -2.10. The quantitative estimate of drug-likeness (QED) is 0.843. The largest absolute Gasteiger partial charge is 0.453 e. The van der Waals surface area contributed by atoms with Gasteiger partial charge in [0.2, 0.25) is 5.91 Å². The van der Waals surface area contributed by atoms with Gasteiger partial charge in [-0.15, -0.1) is 0 Å². The third kappa shape index (κ3) is 3.35. The fraction of sp³-hybridized carbons (Fsp3) is 0.250. The van der Waals surface area contributed by atoms with Gasteiger partial charge < -0.3 is 9.73 Å². The van der Waals surface area contributed by atoms with Crippen LogP contribution in [0.25, 0.3) is 11.3 Å². The molecule has 0 spiro atoms. The Morgan fingerprint density at radius 3 is 2.65 bits per heavy atom. The van der Waals surface area contributed by atoms with Crippen LogP contribution in [0.3, 0.4) is 0 Å². The van der Waals surface area contributed by atoms with E-state index >= 15 is 0 Å². The van der Waals surface area contributed by atoms with Gasteiger partial charge in [-0.3, -0.25) is 9.59 Å². The molecular formula is C16H17NO3. The van der Waals surface area contributed by atoms with Crippen molar-refractivity contribution < 1.29 is 14.0 Å². The molecule has 0 atom stereocenters. The highest BCUT2D eigenvalue weighted by Crippen LogP contribution is 2.29. The molecule has 0 aliphatic carbocycles. The second-order valence-electron chi connectivity index (χ2n) is 5.01. The predicted octanol–water partition coefficient (Wildman–Crippen LogP) is 3.74. The Kier molecular flexibility index (Phi) is 4.35. The molecule has 1 aromatic heterocycles. The van der Waals surface area contributed by atoms with E-state index in [2.05, 4.69) is 5.32 Å². The van der Waals surface area contributed by atoms with Gasteiger partial charge in [0.05, 0.1) is 5.69 Å². The summed E-state index contributed by atoms with van der Waals surface area (Å²) >= 11 is 0. The van der Waals surface area contributed by atoms with E-state index in [0.29, 0.717) is 30.1 Å². The summed E-state index contributed by atoms with van der Waals surface area (Å²) in [6.07, 6.45) is 1.12. The second kappa shape index (κ2) is 6.19. The zero-order valence-corrected chi connectivity index (χ0v) is 11.6. The van der Waals surface area contributed by atoms with Crippen LogP contribution in [0, 0.1) is 5.92 Å². The Morgan fingerprint density at radius 2 is 2.00 bits per heavy atom. The highest BCUT2D eigenvalue weighted by atomic mass is 16.3. The smallest absolute Gasteiger partial charge is 0.224 e. The molecule has 4 heteroatoms. The van der Waals surface area contributed by atoms with Gasteiger partial charge in [-0.2, -0.15) is 0 Å². The van der Waals surface area contributed by atoms with Crippen LogP contribution >= 0.6 is 0 Å². The number of hydrogen-bond acceptors (Lipinski definition) is 3.